The van der Waals surface area contributed by atoms with Crippen molar-refractivity contribution in [3.05, 3.63) is 53.4 Å². The Labute approximate surface area is 165 Å². The van der Waals surface area contributed by atoms with Gasteiger partial charge in [0.05, 0.1) is 6.61 Å². The molecule has 2 amide bonds. The van der Waals surface area contributed by atoms with Crippen molar-refractivity contribution in [1.82, 2.24) is 15.0 Å². The summed E-state index contributed by atoms with van der Waals surface area (Å²) < 4.78 is 10.1. The number of benzene rings is 1. The van der Waals surface area contributed by atoms with Crippen molar-refractivity contribution >= 4 is 11.8 Å². The largest absolute Gasteiger partial charge is 0.378 e. The molecule has 0 saturated carbocycles. The molecule has 2 aromatic rings. The van der Waals surface area contributed by atoms with E-state index in [2.05, 4.69) is 12.1 Å². The van der Waals surface area contributed by atoms with Crippen molar-refractivity contribution in [2.24, 2.45) is 0 Å². The Balaban J connectivity index is 1.66. The van der Waals surface area contributed by atoms with Crippen LogP contribution in [0.4, 0.5) is 0 Å². The summed E-state index contributed by atoms with van der Waals surface area (Å²) in [7, 11) is 1.56. The van der Waals surface area contributed by atoms with Gasteiger partial charge in [-0.15, -0.1) is 0 Å². The molecule has 2 heterocycles. The van der Waals surface area contributed by atoms with Crippen molar-refractivity contribution in [3.8, 4) is 0 Å². The third-order valence-corrected chi connectivity index (χ3v) is 5.09. The average Bonchev–Trinajstić information content (AvgIpc) is 3.20. The van der Waals surface area contributed by atoms with E-state index in [0.717, 1.165) is 19.3 Å². The van der Waals surface area contributed by atoms with Crippen LogP contribution in [0.3, 0.4) is 0 Å². The van der Waals surface area contributed by atoms with Crippen molar-refractivity contribution in [1.29, 1.82) is 0 Å². The van der Waals surface area contributed by atoms with E-state index in [1.165, 1.54) is 6.26 Å². The number of hydrogen-bond acceptors (Lipinski definition) is 5. The molecule has 0 bridgehead atoms. The molecule has 150 valence electrons. The maximum Gasteiger partial charge on any atom is 0.259 e. The molecule has 1 aliphatic rings. The molecule has 0 atom stereocenters. The van der Waals surface area contributed by atoms with Crippen molar-refractivity contribution in [3.63, 3.8) is 0 Å². The number of amides is 2. The Hall–Kier alpha value is -2.67. The van der Waals surface area contributed by atoms with E-state index in [1.807, 2.05) is 40.1 Å². The fourth-order valence-electron chi connectivity index (χ4n) is 3.66. The van der Waals surface area contributed by atoms with Crippen LogP contribution in [-0.2, 0) is 11.3 Å². The normalized spacial score (nSPS) is 14.9. The summed E-state index contributed by atoms with van der Waals surface area (Å²) in [6, 6.07) is 9.42. The zero-order valence-electron chi connectivity index (χ0n) is 16.5. The zero-order valence-corrected chi connectivity index (χ0v) is 16.5. The summed E-state index contributed by atoms with van der Waals surface area (Å²) in [5.74, 6) is -0.0307. The Morgan fingerprint density at radius 3 is 2.61 bits per heavy atom. The first-order chi connectivity index (χ1) is 13.7. The van der Waals surface area contributed by atoms with Crippen molar-refractivity contribution in [2.45, 2.75) is 38.8 Å². The molecule has 0 spiro atoms. The van der Waals surface area contributed by atoms with Gasteiger partial charge in [-0.05, 0) is 31.4 Å². The summed E-state index contributed by atoms with van der Waals surface area (Å²) in [6.07, 6.45) is 3.78. The Morgan fingerprint density at radius 1 is 1.25 bits per heavy atom. The van der Waals surface area contributed by atoms with Crippen LogP contribution in [0.15, 0.2) is 41.1 Å². The molecule has 0 radical (unpaired) electrons. The summed E-state index contributed by atoms with van der Waals surface area (Å²) in [4.78, 5) is 29.5. The van der Waals surface area contributed by atoms with Crippen LogP contribution < -0.4 is 0 Å². The van der Waals surface area contributed by atoms with Crippen LogP contribution in [-0.4, -0.2) is 59.6 Å². The topological polar surface area (TPSA) is 75.9 Å². The molecule has 7 heteroatoms. The van der Waals surface area contributed by atoms with E-state index in [4.69, 9.17) is 9.26 Å². The van der Waals surface area contributed by atoms with E-state index in [-0.39, 0.29) is 24.5 Å². The number of carbonyl (C=O) groups excluding carboxylic acids is 2. The van der Waals surface area contributed by atoms with Crippen molar-refractivity contribution < 1.29 is 18.8 Å². The minimum atomic E-state index is -0.0806. The summed E-state index contributed by atoms with van der Waals surface area (Å²) in [5, 5.41) is 3.88. The Morgan fingerprint density at radius 2 is 1.96 bits per heavy atom. The number of hydrogen-bond donors (Lipinski definition) is 0. The first kappa shape index (κ1) is 20.1. The molecule has 1 aromatic carbocycles. The van der Waals surface area contributed by atoms with E-state index >= 15 is 0 Å². The monoisotopic (exact) mass is 385 g/mol. The van der Waals surface area contributed by atoms with Gasteiger partial charge in [-0.3, -0.25) is 9.59 Å². The highest BCUT2D eigenvalue weighted by Gasteiger charge is 2.31. The maximum absolute atomic E-state index is 13.1. The SMILES string of the molecule is CCCN(C(=O)c1conc1COC)C1CCN(C(=O)c2ccccc2)CC1. The second-order valence-corrected chi connectivity index (χ2v) is 7.00. The van der Waals surface area contributed by atoms with Gasteiger partial charge >= 0.3 is 0 Å². The second kappa shape index (κ2) is 9.50. The highest BCUT2D eigenvalue weighted by Crippen LogP contribution is 2.22. The molecule has 0 N–H and O–H groups in total. The average molecular weight is 385 g/mol. The number of piperidine rings is 1. The molecule has 1 aliphatic heterocycles. The Kier molecular flexibility index (Phi) is 6.81. The lowest BCUT2D eigenvalue weighted by Crippen LogP contribution is -2.49. The standard InChI is InChI=1S/C21H27N3O4/c1-3-11-24(21(26)18-14-28-22-19(18)15-27-2)17-9-12-23(13-10-17)20(25)16-7-5-4-6-8-16/h4-8,14,17H,3,9-13,15H2,1-2H3. The number of ether oxygens (including phenoxy) is 1. The van der Waals surface area contributed by atoms with Gasteiger partial charge in [-0.1, -0.05) is 30.3 Å². The van der Waals surface area contributed by atoms with Gasteiger partial charge in [0.2, 0.25) is 0 Å². The third-order valence-electron chi connectivity index (χ3n) is 5.09. The zero-order chi connectivity index (χ0) is 19.9. The Bertz CT molecular complexity index is 782. The molecule has 0 unspecified atom stereocenters. The van der Waals surface area contributed by atoms with Crippen LogP contribution in [0.1, 0.15) is 52.6 Å². The number of carbonyl (C=O) groups is 2. The van der Waals surface area contributed by atoms with E-state index in [1.54, 1.807) is 7.11 Å². The lowest BCUT2D eigenvalue weighted by atomic mass is 10.0. The van der Waals surface area contributed by atoms with Crippen LogP contribution in [0, 0.1) is 0 Å². The first-order valence-electron chi connectivity index (χ1n) is 9.73. The summed E-state index contributed by atoms with van der Waals surface area (Å²) in [6.45, 7) is 4.23. The van der Waals surface area contributed by atoms with E-state index in [9.17, 15) is 9.59 Å². The number of likely N-dealkylation sites (tertiary alicyclic amines) is 1. The van der Waals surface area contributed by atoms with Crippen LogP contribution in [0.2, 0.25) is 0 Å². The predicted octanol–water partition coefficient (Wildman–Crippen LogP) is 2.98. The first-order valence-corrected chi connectivity index (χ1v) is 9.73. The molecule has 28 heavy (non-hydrogen) atoms. The van der Waals surface area contributed by atoms with Gasteiger partial charge in [0.1, 0.15) is 17.5 Å². The van der Waals surface area contributed by atoms with E-state index < -0.39 is 0 Å². The minimum absolute atomic E-state index is 0.0498. The fourth-order valence-corrected chi connectivity index (χ4v) is 3.66. The molecule has 1 fully saturated rings. The maximum atomic E-state index is 13.1. The summed E-state index contributed by atoms with van der Waals surface area (Å²) in [5.41, 5.74) is 1.68. The number of aromatic nitrogens is 1. The number of methoxy groups -OCH3 is 1. The van der Waals surface area contributed by atoms with Gasteiger partial charge in [-0.2, -0.15) is 0 Å². The quantitative estimate of drug-likeness (QED) is 0.732. The van der Waals surface area contributed by atoms with Crippen LogP contribution >= 0.6 is 0 Å². The number of nitrogens with zero attached hydrogens (tertiary/aromatic N) is 3. The molecular formula is C21H27N3O4. The van der Waals surface area contributed by atoms with Gasteiger partial charge in [0, 0.05) is 38.3 Å². The molecule has 0 aliphatic carbocycles. The molecule has 1 aromatic heterocycles. The fraction of sp³-hybridized carbons (Fsp3) is 0.476. The lowest BCUT2D eigenvalue weighted by Gasteiger charge is -2.38. The van der Waals surface area contributed by atoms with Crippen LogP contribution in [0.25, 0.3) is 0 Å². The highest BCUT2D eigenvalue weighted by atomic mass is 16.5. The van der Waals surface area contributed by atoms with Gasteiger partial charge in [0.25, 0.3) is 11.8 Å². The third kappa shape index (κ3) is 4.42. The second-order valence-electron chi connectivity index (χ2n) is 7.00. The molecular weight excluding hydrogens is 358 g/mol. The minimum Gasteiger partial charge on any atom is -0.378 e. The van der Waals surface area contributed by atoms with Gasteiger partial charge in [-0.25, -0.2) is 0 Å². The summed E-state index contributed by atoms with van der Waals surface area (Å²) >= 11 is 0. The highest BCUT2D eigenvalue weighted by molar-refractivity contribution is 5.95. The smallest absolute Gasteiger partial charge is 0.259 e. The molecule has 3 rings (SSSR count). The van der Waals surface area contributed by atoms with Crippen LogP contribution in [0.5, 0.6) is 0 Å². The molecule has 1 saturated heterocycles. The van der Waals surface area contributed by atoms with Crippen molar-refractivity contribution in [2.75, 3.05) is 26.7 Å². The van der Waals surface area contributed by atoms with Gasteiger partial charge in [0.15, 0.2) is 0 Å². The van der Waals surface area contributed by atoms with Gasteiger partial charge < -0.3 is 19.1 Å². The lowest BCUT2D eigenvalue weighted by molar-refractivity contribution is 0.0516. The molecule has 7 nitrogen and oxygen atoms in total. The van der Waals surface area contributed by atoms with E-state index in [0.29, 0.717) is 36.5 Å². The number of rotatable bonds is 7. The predicted molar refractivity (Wildman–Crippen MR) is 104 cm³/mol.